The Bertz CT molecular complexity index is 295. The van der Waals surface area contributed by atoms with Gasteiger partial charge in [0.2, 0.25) is 0 Å². The third kappa shape index (κ3) is 2.38. The van der Waals surface area contributed by atoms with Gasteiger partial charge in [-0.05, 0) is 9.76 Å². The molecule has 0 saturated carbocycles. The van der Waals surface area contributed by atoms with E-state index in [1.807, 2.05) is 0 Å². The molecule has 0 bridgehead atoms. The van der Waals surface area contributed by atoms with Crippen molar-refractivity contribution in [3.63, 3.8) is 0 Å². The van der Waals surface area contributed by atoms with Gasteiger partial charge in [0.05, 0.1) is 7.59 Å². The van der Waals surface area contributed by atoms with Crippen molar-refractivity contribution in [2.75, 3.05) is 0 Å². The van der Waals surface area contributed by atoms with Crippen LogP contribution < -0.4 is 5.19 Å². The summed E-state index contributed by atoms with van der Waals surface area (Å²) in [4.78, 5) is 0. The van der Waals surface area contributed by atoms with E-state index in [2.05, 4.69) is 65.3 Å². The molecule has 0 saturated heterocycles. The maximum Gasteiger partial charge on any atom is 0.132 e. The SMILES string of the molecule is C[Si](C)(C)[Si](Br)([SiH2][SiH3])c1ccccc1. The van der Waals surface area contributed by atoms with Gasteiger partial charge in [0.15, 0.2) is 0 Å². The van der Waals surface area contributed by atoms with Gasteiger partial charge in [-0.3, -0.25) is 0 Å². The van der Waals surface area contributed by atoms with E-state index >= 15 is 0 Å². The predicted molar refractivity (Wildman–Crippen MR) is 82.6 cm³/mol. The molecule has 1 aromatic rings. The van der Waals surface area contributed by atoms with Crippen LogP contribution in [-0.4, -0.2) is 31.6 Å². The average Bonchev–Trinajstić information content (AvgIpc) is 2.16. The van der Waals surface area contributed by atoms with Gasteiger partial charge in [0.1, 0.15) is 5.73 Å². The molecule has 1 unspecified atom stereocenters. The monoisotopic (exact) mass is 318 g/mol. The minimum Gasteiger partial charge on any atom is -0.128 e. The van der Waals surface area contributed by atoms with Crippen LogP contribution >= 0.6 is 15.3 Å². The van der Waals surface area contributed by atoms with E-state index in [-0.39, 0.29) is 8.55 Å². The molecule has 1 aromatic carbocycles. The van der Waals surface area contributed by atoms with Gasteiger partial charge in [0.25, 0.3) is 0 Å². The van der Waals surface area contributed by atoms with Crippen molar-refractivity contribution in [2.24, 2.45) is 0 Å². The Morgan fingerprint density at radius 3 is 2.00 bits per heavy atom. The lowest BCUT2D eigenvalue weighted by molar-refractivity contribution is 1.76. The summed E-state index contributed by atoms with van der Waals surface area (Å²) in [5, 5.41) is 1.67. The van der Waals surface area contributed by atoms with E-state index in [0.29, 0.717) is 0 Å². The molecule has 14 heavy (non-hydrogen) atoms. The second-order valence-corrected chi connectivity index (χ2v) is 42.4. The van der Waals surface area contributed by atoms with Crippen molar-refractivity contribution in [1.29, 1.82) is 0 Å². The van der Waals surface area contributed by atoms with Crippen molar-refractivity contribution < 1.29 is 0 Å². The molecule has 78 valence electrons. The van der Waals surface area contributed by atoms with Crippen molar-refractivity contribution in [1.82, 2.24) is 0 Å². The highest BCUT2D eigenvalue weighted by molar-refractivity contribution is 9.30. The summed E-state index contributed by atoms with van der Waals surface area (Å²) >= 11 is 4.21. The average molecular weight is 319 g/mol. The molecule has 0 spiro atoms. The van der Waals surface area contributed by atoms with Crippen LogP contribution in [0.4, 0.5) is 0 Å². The first-order chi connectivity index (χ1) is 6.42. The fourth-order valence-electron chi connectivity index (χ4n) is 1.87. The fraction of sp³-hybridized carbons (Fsp3) is 0.333. The molecule has 0 amide bonds. The largest absolute Gasteiger partial charge is 0.132 e. The minimum absolute atomic E-state index is 0.185. The van der Waals surface area contributed by atoms with Crippen LogP contribution in [0.25, 0.3) is 0 Å². The molecule has 1 rings (SSSR count). The maximum atomic E-state index is 4.21. The molecule has 0 nitrogen and oxygen atoms in total. The minimum atomic E-state index is -1.15. The van der Waals surface area contributed by atoms with Crippen LogP contribution in [0, 0.1) is 0 Å². The van der Waals surface area contributed by atoms with Gasteiger partial charge >= 0.3 is 0 Å². The molecule has 0 aliphatic heterocycles. The summed E-state index contributed by atoms with van der Waals surface area (Å²) in [6.45, 7) is 7.60. The number of benzene rings is 1. The van der Waals surface area contributed by atoms with E-state index in [0.717, 1.165) is 0 Å². The first kappa shape index (κ1) is 12.6. The zero-order chi connectivity index (χ0) is 10.8. The fourth-order valence-corrected chi connectivity index (χ4v) is 55.8. The Morgan fingerprint density at radius 1 is 1.14 bits per heavy atom. The molecular formula is C9H19BrSi4. The van der Waals surface area contributed by atoms with Gasteiger partial charge < -0.3 is 0 Å². The lowest BCUT2D eigenvalue weighted by atomic mass is 10.4. The van der Waals surface area contributed by atoms with Crippen LogP contribution in [-0.2, 0) is 0 Å². The zero-order valence-corrected chi connectivity index (χ0v) is 16.5. The summed E-state index contributed by atoms with van der Waals surface area (Å²) in [5.41, 5.74) is -1.15. The second-order valence-electron chi connectivity index (χ2n) is 4.77. The van der Waals surface area contributed by atoms with Gasteiger partial charge in [-0.25, -0.2) is 0 Å². The Labute approximate surface area is 102 Å². The first-order valence-corrected chi connectivity index (χ1v) is 21.9. The molecule has 0 aliphatic carbocycles. The highest BCUT2D eigenvalue weighted by Gasteiger charge is 2.43. The molecule has 5 heteroatoms. The van der Waals surface area contributed by atoms with Crippen molar-refractivity contribution >= 4 is 52.1 Å². The third-order valence-electron chi connectivity index (χ3n) is 2.91. The quantitative estimate of drug-likeness (QED) is 0.565. The van der Waals surface area contributed by atoms with E-state index in [1.165, 1.54) is 9.76 Å². The number of rotatable bonds is 3. The summed E-state index contributed by atoms with van der Waals surface area (Å²) in [7, 11) is 0.636. The Kier molecular flexibility index (Phi) is 4.16. The topological polar surface area (TPSA) is 0 Å². The van der Waals surface area contributed by atoms with E-state index in [9.17, 15) is 0 Å². The Hall–Kier alpha value is 0.568. The first-order valence-electron chi connectivity index (χ1n) is 5.16. The third-order valence-corrected chi connectivity index (χ3v) is 74.7. The predicted octanol–water partition coefficient (Wildman–Crippen LogP) is 0.596. The highest BCUT2D eigenvalue weighted by Crippen LogP contribution is 2.23. The van der Waals surface area contributed by atoms with Gasteiger partial charge in [-0.15, -0.1) is 15.3 Å². The Balaban J connectivity index is 3.15. The highest BCUT2D eigenvalue weighted by atomic mass is 79.9. The van der Waals surface area contributed by atoms with Crippen LogP contribution in [0.3, 0.4) is 0 Å². The normalized spacial score (nSPS) is 17.4. The standard InChI is InChI=1S/C9H19BrSi4/c1-13(2,3)14(10,12-11)9-7-5-4-6-8-9/h4-8H,12H2,1-3,11H3. The lowest BCUT2D eigenvalue weighted by Crippen LogP contribution is -2.65. The van der Waals surface area contributed by atoms with E-state index in [4.69, 9.17) is 0 Å². The van der Waals surface area contributed by atoms with Crippen LogP contribution in [0.5, 0.6) is 0 Å². The zero-order valence-electron chi connectivity index (χ0n) is 9.47. The maximum absolute atomic E-state index is 4.21. The van der Waals surface area contributed by atoms with Crippen LogP contribution in [0.15, 0.2) is 30.3 Å². The summed E-state index contributed by atoms with van der Waals surface area (Å²) in [6, 6.07) is 11.2. The number of hydrogen-bond donors (Lipinski definition) is 0. The van der Waals surface area contributed by atoms with Crippen LogP contribution in [0.2, 0.25) is 19.6 Å². The second kappa shape index (κ2) is 4.61. The summed E-state index contributed by atoms with van der Waals surface area (Å²) in [5.74, 6) is 0. The van der Waals surface area contributed by atoms with Crippen molar-refractivity contribution in [3.05, 3.63) is 30.3 Å². The van der Waals surface area contributed by atoms with Gasteiger partial charge in [0, 0.05) is 8.55 Å². The summed E-state index contributed by atoms with van der Waals surface area (Å²) < 4.78 is 0. The van der Waals surface area contributed by atoms with E-state index in [1.54, 1.807) is 5.19 Å². The molecule has 0 N–H and O–H groups in total. The van der Waals surface area contributed by atoms with Crippen molar-refractivity contribution in [2.45, 2.75) is 19.6 Å². The Morgan fingerprint density at radius 2 is 1.64 bits per heavy atom. The molecule has 0 heterocycles. The molecule has 0 fully saturated rings. The molecular weight excluding hydrogens is 300 g/mol. The van der Waals surface area contributed by atoms with E-state index < -0.39 is 13.3 Å². The number of hydrogen-bond acceptors (Lipinski definition) is 0. The molecule has 0 aromatic heterocycles. The molecule has 0 aliphatic rings. The van der Waals surface area contributed by atoms with Crippen molar-refractivity contribution in [3.8, 4) is 0 Å². The number of halogens is 1. The lowest BCUT2D eigenvalue weighted by Gasteiger charge is -2.36. The smallest absolute Gasteiger partial charge is 0.128 e. The molecule has 1 atom stereocenters. The van der Waals surface area contributed by atoms with Crippen LogP contribution in [0.1, 0.15) is 0 Å². The molecule has 0 radical (unpaired) electrons. The van der Waals surface area contributed by atoms with Gasteiger partial charge in [-0.2, -0.15) is 0 Å². The van der Waals surface area contributed by atoms with Gasteiger partial charge in [-0.1, -0.05) is 55.2 Å². The summed E-state index contributed by atoms with van der Waals surface area (Å²) in [6.07, 6.45) is 0.